The van der Waals surface area contributed by atoms with Crippen LogP contribution in [0, 0.1) is 5.41 Å². The van der Waals surface area contributed by atoms with Crippen molar-refractivity contribution in [2.45, 2.75) is 39.0 Å². The molecule has 1 aliphatic carbocycles. The van der Waals surface area contributed by atoms with Gasteiger partial charge in [-0.25, -0.2) is 0 Å². The van der Waals surface area contributed by atoms with Gasteiger partial charge in [0.05, 0.1) is 6.26 Å². The first-order valence-corrected chi connectivity index (χ1v) is 7.19. The molecule has 0 saturated heterocycles. The molecule has 1 aliphatic rings. The fourth-order valence-corrected chi connectivity index (χ4v) is 2.68. The summed E-state index contributed by atoms with van der Waals surface area (Å²) in [5, 5.41) is 6.77. The Morgan fingerprint density at radius 2 is 2.10 bits per heavy atom. The van der Waals surface area contributed by atoms with Crippen LogP contribution in [0.25, 0.3) is 0 Å². The summed E-state index contributed by atoms with van der Waals surface area (Å²) >= 11 is 0. The summed E-state index contributed by atoms with van der Waals surface area (Å²) in [7, 11) is 1.82. The molecule has 0 aromatic carbocycles. The van der Waals surface area contributed by atoms with Crippen molar-refractivity contribution in [2.24, 2.45) is 10.4 Å². The third-order valence-corrected chi connectivity index (χ3v) is 3.96. The van der Waals surface area contributed by atoms with E-state index in [2.05, 4.69) is 22.5 Å². The average Bonchev–Trinajstić information content (AvgIpc) is 3.06. The van der Waals surface area contributed by atoms with E-state index in [0.29, 0.717) is 5.41 Å². The molecule has 20 heavy (non-hydrogen) atoms. The smallest absolute Gasteiger partial charge is 0.191 e. The molecular formula is C15H26IN3O. The number of nitrogens with zero attached hydrogens (tertiary/aromatic N) is 1. The molecule has 2 N–H and O–H groups in total. The van der Waals surface area contributed by atoms with Crippen LogP contribution in [0.1, 0.15) is 38.4 Å². The van der Waals surface area contributed by atoms with E-state index < -0.39 is 0 Å². The van der Waals surface area contributed by atoms with Crippen LogP contribution >= 0.6 is 24.0 Å². The minimum Gasteiger partial charge on any atom is -0.469 e. The molecule has 2 rings (SSSR count). The van der Waals surface area contributed by atoms with Gasteiger partial charge < -0.3 is 15.1 Å². The quantitative estimate of drug-likeness (QED) is 0.461. The van der Waals surface area contributed by atoms with Crippen molar-refractivity contribution in [3.8, 4) is 0 Å². The Hall–Kier alpha value is -0.720. The maximum absolute atomic E-state index is 5.31. The van der Waals surface area contributed by atoms with Gasteiger partial charge in [0.25, 0.3) is 0 Å². The van der Waals surface area contributed by atoms with Crippen molar-refractivity contribution >= 4 is 29.9 Å². The molecule has 0 spiro atoms. The molecule has 0 unspecified atom stereocenters. The van der Waals surface area contributed by atoms with Crippen LogP contribution in [0.3, 0.4) is 0 Å². The van der Waals surface area contributed by atoms with Crippen LogP contribution in [0.2, 0.25) is 0 Å². The van der Waals surface area contributed by atoms with Crippen molar-refractivity contribution < 1.29 is 4.42 Å². The van der Waals surface area contributed by atoms with E-state index >= 15 is 0 Å². The van der Waals surface area contributed by atoms with E-state index in [9.17, 15) is 0 Å². The second kappa shape index (κ2) is 8.54. The molecule has 5 heteroatoms. The molecule has 1 aromatic heterocycles. The van der Waals surface area contributed by atoms with Crippen LogP contribution in [0.5, 0.6) is 0 Å². The van der Waals surface area contributed by atoms with Crippen LogP contribution < -0.4 is 10.6 Å². The van der Waals surface area contributed by atoms with Gasteiger partial charge in [-0.05, 0) is 30.4 Å². The van der Waals surface area contributed by atoms with Gasteiger partial charge in [-0.3, -0.25) is 4.99 Å². The van der Waals surface area contributed by atoms with Crippen molar-refractivity contribution in [2.75, 3.05) is 20.1 Å². The lowest BCUT2D eigenvalue weighted by atomic mass is 9.89. The van der Waals surface area contributed by atoms with Gasteiger partial charge in [-0.2, -0.15) is 0 Å². The molecular weight excluding hydrogens is 365 g/mol. The zero-order chi connectivity index (χ0) is 13.6. The van der Waals surface area contributed by atoms with Gasteiger partial charge >= 0.3 is 0 Å². The summed E-state index contributed by atoms with van der Waals surface area (Å²) in [6.07, 6.45) is 7.96. The van der Waals surface area contributed by atoms with E-state index in [0.717, 1.165) is 31.2 Å². The number of rotatable bonds is 5. The first kappa shape index (κ1) is 17.3. The highest BCUT2D eigenvalue weighted by atomic mass is 127. The Bertz CT molecular complexity index is 397. The molecule has 4 nitrogen and oxygen atoms in total. The molecule has 1 heterocycles. The predicted octanol–water partition coefficient (Wildman–Crippen LogP) is 3.19. The topological polar surface area (TPSA) is 49.6 Å². The highest BCUT2D eigenvalue weighted by Gasteiger charge is 2.28. The van der Waals surface area contributed by atoms with Gasteiger partial charge in [0, 0.05) is 26.6 Å². The van der Waals surface area contributed by atoms with Crippen molar-refractivity contribution in [1.82, 2.24) is 10.6 Å². The largest absolute Gasteiger partial charge is 0.469 e. The average molecular weight is 391 g/mol. The lowest BCUT2D eigenvalue weighted by molar-refractivity contribution is 0.334. The first-order chi connectivity index (χ1) is 9.22. The van der Waals surface area contributed by atoms with E-state index in [1.165, 1.54) is 25.7 Å². The van der Waals surface area contributed by atoms with Crippen molar-refractivity contribution in [1.29, 1.82) is 0 Å². The van der Waals surface area contributed by atoms with Gasteiger partial charge in [-0.15, -0.1) is 24.0 Å². The summed E-state index contributed by atoms with van der Waals surface area (Å²) in [6.45, 7) is 4.21. The molecule has 1 aromatic rings. The number of nitrogens with one attached hydrogen (secondary N) is 2. The minimum absolute atomic E-state index is 0. The molecule has 0 aliphatic heterocycles. The summed E-state index contributed by atoms with van der Waals surface area (Å²) in [5.41, 5.74) is 0.443. The highest BCUT2D eigenvalue weighted by Crippen LogP contribution is 2.36. The molecule has 1 saturated carbocycles. The third kappa shape index (κ3) is 5.34. The summed E-state index contributed by atoms with van der Waals surface area (Å²) in [4.78, 5) is 4.26. The Morgan fingerprint density at radius 1 is 1.35 bits per heavy atom. The van der Waals surface area contributed by atoms with Gasteiger partial charge in [0.2, 0.25) is 0 Å². The third-order valence-electron chi connectivity index (χ3n) is 3.96. The number of hydrogen-bond donors (Lipinski definition) is 2. The normalized spacial score (nSPS) is 17.6. The van der Waals surface area contributed by atoms with Crippen molar-refractivity contribution in [3.05, 3.63) is 24.2 Å². The molecule has 0 bridgehead atoms. The number of halogens is 1. The summed E-state index contributed by atoms with van der Waals surface area (Å²) < 4.78 is 5.31. The SMILES string of the molecule is CN=C(NCCc1ccco1)NCC1(C)CCCC1.I. The lowest BCUT2D eigenvalue weighted by Crippen LogP contribution is -2.42. The Kier molecular flexibility index (Phi) is 7.40. The van der Waals surface area contributed by atoms with Gasteiger partial charge in [-0.1, -0.05) is 19.8 Å². The van der Waals surface area contributed by atoms with E-state index in [1.807, 2.05) is 19.2 Å². The molecule has 0 atom stereocenters. The standard InChI is InChI=1S/C15H25N3O.HI/c1-15(8-3-4-9-15)12-18-14(16-2)17-10-7-13-6-5-11-19-13;/h5-6,11H,3-4,7-10,12H2,1-2H3,(H2,16,17,18);1H. The van der Waals surface area contributed by atoms with Crippen LogP contribution in [0.15, 0.2) is 27.8 Å². The Balaban J connectivity index is 0.00000200. The van der Waals surface area contributed by atoms with Crippen LogP contribution in [0.4, 0.5) is 0 Å². The molecule has 1 fully saturated rings. The van der Waals surface area contributed by atoms with Gasteiger partial charge in [0.1, 0.15) is 5.76 Å². The maximum atomic E-state index is 5.31. The molecule has 114 valence electrons. The predicted molar refractivity (Wildman–Crippen MR) is 93.8 cm³/mol. The zero-order valence-electron chi connectivity index (χ0n) is 12.4. The van der Waals surface area contributed by atoms with Crippen LogP contribution in [-0.2, 0) is 6.42 Å². The van der Waals surface area contributed by atoms with E-state index in [4.69, 9.17) is 4.42 Å². The fourth-order valence-electron chi connectivity index (χ4n) is 2.68. The number of guanidine groups is 1. The first-order valence-electron chi connectivity index (χ1n) is 7.19. The van der Waals surface area contributed by atoms with Crippen LogP contribution in [-0.4, -0.2) is 26.1 Å². The maximum Gasteiger partial charge on any atom is 0.191 e. The second-order valence-corrected chi connectivity index (χ2v) is 5.70. The number of aliphatic imine (C=N–C) groups is 1. The van der Waals surface area contributed by atoms with E-state index in [1.54, 1.807) is 6.26 Å². The monoisotopic (exact) mass is 391 g/mol. The van der Waals surface area contributed by atoms with Crippen molar-refractivity contribution in [3.63, 3.8) is 0 Å². The number of hydrogen-bond acceptors (Lipinski definition) is 2. The molecule has 0 amide bonds. The van der Waals surface area contributed by atoms with E-state index in [-0.39, 0.29) is 24.0 Å². The fraction of sp³-hybridized carbons (Fsp3) is 0.667. The second-order valence-electron chi connectivity index (χ2n) is 5.70. The Morgan fingerprint density at radius 3 is 2.70 bits per heavy atom. The Labute approximate surface area is 138 Å². The lowest BCUT2D eigenvalue weighted by Gasteiger charge is -2.25. The summed E-state index contributed by atoms with van der Waals surface area (Å²) in [6, 6.07) is 3.92. The summed E-state index contributed by atoms with van der Waals surface area (Å²) in [5.74, 6) is 1.89. The highest BCUT2D eigenvalue weighted by molar-refractivity contribution is 14.0. The van der Waals surface area contributed by atoms with Gasteiger partial charge in [0.15, 0.2) is 5.96 Å². The molecule has 0 radical (unpaired) electrons. The minimum atomic E-state index is 0. The zero-order valence-corrected chi connectivity index (χ0v) is 14.8. The number of furan rings is 1.